The van der Waals surface area contributed by atoms with Crippen molar-refractivity contribution in [3.8, 4) is 0 Å². The molecule has 1 rings (SSSR count). The van der Waals surface area contributed by atoms with E-state index in [9.17, 15) is 9.59 Å². The highest BCUT2D eigenvalue weighted by Gasteiger charge is 2.22. The van der Waals surface area contributed by atoms with Crippen LogP contribution in [0, 0.1) is 6.92 Å². The van der Waals surface area contributed by atoms with Crippen molar-refractivity contribution < 1.29 is 4.79 Å². The summed E-state index contributed by atoms with van der Waals surface area (Å²) >= 11 is 0. The van der Waals surface area contributed by atoms with Crippen molar-refractivity contribution in [2.24, 2.45) is 0 Å². The van der Waals surface area contributed by atoms with Crippen LogP contribution < -0.4 is 11.3 Å². The van der Waals surface area contributed by atoms with Crippen molar-refractivity contribution in [3.05, 3.63) is 28.2 Å². The van der Waals surface area contributed by atoms with Crippen LogP contribution >= 0.6 is 0 Å². The number of carbonyl (C=O) groups excluding carboxylic acids is 1. The molecule has 0 saturated heterocycles. The Labute approximate surface area is 107 Å². The molecule has 2 N–H and O–H groups in total. The Morgan fingerprint density at radius 2 is 1.94 bits per heavy atom. The van der Waals surface area contributed by atoms with Gasteiger partial charge in [-0.3, -0.25) is 14.2 Å². The summed E-state index contributed by atoms with van der Waals surface area (Å²) < 4.78 is 1.45. The van der Waals surface area contributed by atoms with Gasteiger partial charge in [0, 0.05) is 18.8 Å². The van der Waals surface area contributed by atoms with Crippen LogP contribution in [-0.2, 0) is 4.79 Å². The third-order valence-corrected chi connectivity index (χ3v) is 3.17. The van der Waals surface area contributed by atoms with Crippen LogP contribution in [0.1, 0.15) is 32.5 Å². The minimum atomic E-state index is -0.527. The normalized spacial score (nSPS) is 12.2. The maximum absolute atomic E-state index is 12.2. The zero-order valence-corrected chi connectivity index (χ0v) is 11.4. The van der Waals surface area contributed by atoms with E-state index in [1.807, 2.05) is 13.8 Å². The number of nitrogens with zero attached hydrogens (tertiary/aromatic N) is 2. The van der Waals surface area contributed by atoms with Crippen molar-refractivity contribution in [2.45, 2.75) is 33.7 Å². The van der Waals surface area contributed by atoms with E-state index in [4.69, 9.17) is 5.73 Å². The molecular weight excluding hydrogens is 230 g/mol. The molecule has 5 heteroatoms. The number of likely N-dealkylation sites (N-methyl/N-ethyl adjacent to an activating group) is 1. The van der Waals surface area contributed by atoms with E-state index < -0.39 is 6.04 Å². The molecule has 0 fully saturated rings. The Kier molecular flexibility index (Phi) is 4.53. The molecule has 0 unspecified atom stereocenters. The predicted molar refractivity (Wildman–Crippen MR) is 72.5 cm³/mol. The second-order valence-corrected chi connectivity index (χ2v) is 4.29. The van der Waals surface area contributed by atoms with Crippen molar-refractivity contribution in [1.29, 1.82) is 0 Å². The van der Waals surface area contributed by atoms with E-state index >= 15 is 0 Å². The van der Waals surface area contributed by atoms with Crippen molar-refractivity contribution >= 4 is 11.6 Å². The number of rotatable bonds is 4. The molecule has 1 amide bonds. The van der Waals surface area contributed by atoms with Gasteiger partial charge in [0.25, 0.3) is 5.56 Å². The molecule has 1 heterocycles. The van der Waals surface area contributed by atoms with E-state index in [-0.39, 0.29) is 17.2 Å². The summed E-state index contributed by atoms with van der Waals surface area (Å²) in [6.45, 7) is 8.64. The molecule has 0 bridgehead atoms. The average Bonchev–Trinajstić information content (AvgIpc) is 2.35. The van der Waals surface area contributed by atoms with Gasteiger partial charge in [0.15, 0.2) is 0 Å². The Morgan fingerprint density at radius 1 is 1.39 bits per heavy atom. The van der Waals surface area contributed by atoms with Crippen LogP contribution in [-0.4, -0.2) is 28.5 Å². The minimum Gasteiger partial charge on any atom is -0.394 e. The number of anilines is 1. The first kappa shape index (κ1) is 14.3. The van der Waals surface area contributed by atoms with E-state index in [0.29, 0.717) is 13.1 Å². The minimum absolute atomic E-state index is 0.0594. The lowest BCUT2D eigenvalue weighted by molar-refractivity contribution is -0.134. The number of pyridine rings is 1. The highest BCUT2D eigenvalue weighted by Crippen LogP contribution is 2.12. The predicted octanol–water partition coefficient (Wildman–Crippen LogP) is 1.17. The highest BCUT2D eigenvalue weighted by molar-refractivity contribution is 5.80. The molecule has 0 aliphatic heterocycles. The first-order valence-corrected chi connectivity index (χ1v) is 6.20. The smallest absolute Gasteiger partial charge is 0.274 e. The largest absolute Gasteiger partial charge is 0.394 e. The summed E-state index contributed by atoms with van der Waals surface area (Å²) in [5.41, 5.74) is 6.21. The van der Waals surface area contributed by atoms with Gasteiger partial charge in [-0.25, -0.2) is 0 Å². The summed E-state index contributed by atoms with van der Waals surface area (Å²) in [5.74, 6) is -0.0594. The van der Waals surface area contributed by atoms with E-state index in [1.165, 1.54) is 4.57 Å². The van der Waals surface area contributed by atoms with Gasteiger partial charge in [-0.15, -0.1) is 0 Å². The SMILES string of the molecule is CCN(CC)C(=O)[C@H](C)n1c(C)ccc(N)c1=O. The van der Waals surface area contributed by atoms with Gasteiger partial charge in [0.1, 0.15) is 6.04 Å². The Bertz CT molecular complexity index is 489. The van der Waals surface area contributed by atoms with Gasteiger partial charge in [-0.1, -0.05) is 0 Å². The average molecular weight is 251 g/mol. The summed E-state index contributed by atoms with van der Waals surface area (Å²) in [5, 5.41) is 0. The van der Waals surface area contributed by atoms with E-state index in [1.54, 1.807) is 30.9 Å². The fourth-order valence-electron chi connectivity index (χ4n) is 2.05. The van der Waals surface area contributed by atoms with Crippen LogP contribution in [0.15, 0.2) is 16.9 Å². The first-order chi connectivity index (χ1) is 8.43. The first-order valence-electron chi connectivity index (χ1n) is 6.20. The molecule has 1 atom stereocenters. The van der Waals surface area contributed by atoms with Crippen LogP contribution in [0.3, 0.4) is 0 Å². The Hall–Kier alpha value is -1.78. The van der Waals surface area contributed by atoms with Crippen LogP contribution in [0.5, 0.6) is 0 Å². The monoisotopic (exact) mass is 251 g/mol. The van der Waals surface area contributed by atoms with E-state index in [2.05, 4.69) is 0 Å². The molecule has 0 spiro atoms. The van der Waals surface area contributed by atoms with Crippen LogP contribution in [0.2, 0.25) is 0 Å². The topological polar surface area (TPSA) is 68.3 Å². The molecule has 0 aliphatic carbocycles. The van der Waals surface area contributed by atoms with Gasteiger partial charge in [0.05, 0.1) is 5.69 Å². The lowest BCUT2D eigenvalue weighted by atomic mass is 10.2. The van der Waals surface area contributed by atoms with Crippen LogP contribution in [0.4, 0.5) is 5.69 Å². The molecule has 0 aliphatic rings. The van der Waals surface area contributed by atoms with Crippen LogP contribution in [0.25, 0.3) is 0 Å². The molecular formula is C13H21N3O2. The molecule has 0 radical (unpaired) electrons. The molecule has 5 nitrogen and oxygen atoms in total. The maximum atomic E-state index is 12.2. The van der Waals surface area contributed by atoms with Gasteiger partial charge in [-0.2, -0.15) is 0 Å². The third-order valence-electron chi connectivity index (χ3n) is 3.17. The fraction of sp³-hybridized carbons (Fsp3) is 0.538. The van der Waals surface area contributed by atoms with Gasteiger partial charge >= 0.3 is 0 Å². The molecule has 1 aromatic heterocycles. The molecule has 0 aromatic carbocycles. The summed E-state index contributed by atoms with van der Waals surface area (Å²) in [4.78, 5) is 26.0. The number of amides is 1. The third kappa shape index (κ3) is 2.55. The second-order valence-electron chi connectivity index (χ2n) is 4.29. The fourth-order valence-corrected chi connectivity index (χ4v) is 2.05. The van der Waals surface area contributed by atoms with Crippen molar-refractivity contribution in [3.63, 3.8) is 0 Å². The number of nitrogen functional groups attached to an aromatic ring is 1. The number of hydrogen-bond donors (Lipinski definition) is 1. The highest BCUT2D eigenvalue weighted by atomic mass is 16.2. The summed E-state index contributed by atoms with van der Waals surface area (Å²) in [7, 11) is 0. The van der Waals surface area contributed by atoms with Gasteiger partial charge in [-0.05, 0) is 39.8 Å². The summed E-state index contributed by atoms with van der Waals surface area (Å²) in [6, 6.07) is 2.80. The maximum Gasteiger partial charge on any atom is 0.274 e. The lowest BCUT2D eigenvalue weighted by Gasteiger charge is -2.25. The number of aromatic nitrogens is 1. The van der Waals surface area contributed by atoms with Crippen molar-refractivity contribution in [1.82, 2.24) is 9.47 Å². The molecule has 100 valence electrons. The molecule has 0 saturated carbocycles. The van der Waals surface area contributed by atoms with Gasteiger partial charge < -0.3 is 10.6 Å². The zero-order chi connectivity index (χ0) is 13.9. The number of hydrogen-bond acceptors (Lipinski definition) is 3. The number of nitrogens with two attached hydrogens (primary N) is 1. The summed E-state index contributed by atoms with van der Waals surface area (Å²) in [6.07, 6.45) is 0. The lowest BCUT2D eigenvalue weighted by Crippen LogP contribution is -2.40. The standard InChI is InChI=1S/C13H21N3O2/c1-5-15(6-2)12(17)10(4)16-9(3)7-8-11(14)13(16)18/h7-8,10H,5-6,14H2,1-4H3/t10-/m0/s1. The van der Waals surface area contributed by atoms with E-state index in [0.717, 1.165) is 5.69 Å². The van der Waals surface area contributed by atoms with Crippen molar-refractivity contribution in [2.75, 3.05) is 18.8 Å². The zero-order valence-electron chi connectivity index (χ0n) is 11.4. The Balaban J connectivity index is 3.19. The molecule has 1 aromatic rings. The van der Waals surface area contributed by atoms with Gasteiger partial charge in [0.2, 0.25) is 5.91 Å². The Morgan fingerprint density at radius 3 is 2.44 bits per heavy atom. The second kappa shape index (κ2) is 5.71. The molecule has 18 heavy (non-hydrogen) atoms. The number of aryl methyl sites for hydroxylation is 1. The number of carbonyl (C=O) groups is 1. The quantitative estimate of drug-likeness (QED) is 0.873.